The van der Waals surface area contributed by atoms with Gasteiger partial charge in [0.15, 0.2) is 11.6 Å². The molecule has 108 valence electrons. The molecule has 0 aliphatic carbocycles. The number of nitrogens with one attached hydrogen (secondary N) is 1. The fraction of sp³-hybridized carbons (Fsp3) is 0.600. The summed E-state index contributed by atoms with van der Waals surface area (Å²) in [6, 6.07) is 4.13. The maximum absolute atomic E-state index is 13.2. The Morgan fingerprint density at radius 1 is 1.21 bits per heavy atom. The molecule has 1 aromatic carbocycles. The lowest BCUT2D eigenvalue weighted by molar-refractivity contribution is 0.0337. The molecule has 1 aromatic rings. The summed E-state index contributed by atoms with van der Waals surface area (Å²) in [5.74, 6) is -1.26. The van der Waals surface area contributed by atoms with Crippen molar-refractivity contribution in [2.45, 2.75) is 39.3 Å². The third kappa shape index (κ3) is 4.55. The van der Waals surface area contributed by atoms with E-state index in [1.165, 1.54) is 12.1 Å². The Morgan fingerprint density at radius 2 is 1.89 bits per heavy atom. The van der Waals surface area contributed by atoms with Crippen molar-refractivity contribution >= 4 is 0 Å². The second-order valence-electron chi connectivity index (χ2n) is 5.06. The third-order valence-electron chi connectivity index (χ3n) is 3.23. The smallest absolute Gasteiger partial charge is 0.159 e. The van der Waals surface area contributed by atoms with Gasteiger partial charge in [0.05, 0.1) is 6.10 Å². The second kappa shape index (κ2) is 7.56. The molecule has 0 saturated heterocycles. The highest BCUT2D eigenvalue weighted by Gasteiger charge is 2.24. The molecule has 4 heteroatoms. The summed E-state index contributed by atoms with van der Waals surface area (Å²) in [6.45, 7) is 7.00. The van der Waals surface area contributed by atoms with Crippen LogP contribution in [0.4, 0.5) is 8.78 Å². The largest absolute Gasteiger partial charge is 0.380 e. The van der Waals surface area contributed by atoms with Gasteiger partial charge < -0.3 is 10.1 Å². The van der Waals surface area contributed by atoms with Crippen LogP contribution in [0, 0.1) is 17.6 Å². The van der Waals surface area contributed by atoms with Crippen LogP contribution in [-0.2, 0) is 11.2 Å². The number of likely N-dealkylation sites (N-methyl/N-ethyl adjacent to an activating group) is 1. The highest BCUT2D eigenvalue weighted by molar-refractivity contribution is 5.19. The van der Waals surface area contributed by atoms with Crippen LogP contribution in [0.2, 0.25) is 0 Å². The van der Waals surface area contributed by atoms with Gasteiger partial charge in [-0.15, -0.1) is 0 Å². The third-order valence-corrected chi connectivity index (χ3v) is 3.23. The van der Waals surface area contributed by atoms with Gasteiger partial charge in [0.1, 0.15) is 0 Å². The van der Waals surface area contributed by atoms with Crippen LogP contribution in [0.3, 0.4) is 0 Å². The Balaban J connectivity index is 2.85. The maximum atomic E-state index is 13.2. The Kier molecular flexibility index (Phi) is 6.38. The molecule has 0 heterocycles. The Bertz CT molecular complexity index is 396. The number of hydrogen-bond donors (Lipinski definition) is 1. The van der Waals surface area contributed by atoms with Crippen molar-refractivity contribution in [3.05, 3.63) is 35.4 Å². The summed E-state index contributed by atoms with van der Waals surface area (Å²) in [6.07, 6.45) is 0.648. The summed E-state index contributed by atoms with van der Waals surface area (Å²) < 4.78 is 31.7. The number of ether oxygens (including phenoxy) is 1. The van der Waals surface area contributed by atoms with E-state index in [1.807, 2.05) is 6.92 Å². The number of benzene rings is 1. The summed E-state index contributed by atoms with van der Waals surface area (Å²) >= 11 is 0. The molecule has 0 radical (unpaired) electrons. The quantitative estimate of drug-likeness (QED) is 0.822. The minimum absolute atomic E-state index is 0.0352. The monoisotopic (exact) mass is 271 g/mol. The Morgan fingerprint density at radius 3 is 2.37 bits per heavy atom. The molecule has 0 fully saturated rings. The molecular formula is C15H23F2NO. The lowest BCUT2D eigenvalue weighted by Crippen LogP contribution is -2.45. The van der Waals surface area contributed by atoms with Crippen LogP contribution in [0.15, 0.2) is 18.2 Å². The Hall–Kier alpha value is -1.00. The molecule has 2 atom stereocenters. The minimum Gasteiger partial charge on any atom is -0.380 e. The van der Waals surface area contributed by atoms with E-state index in [-0.39, 0.29) is 12.1 Å². The van der Waals surface area contributed by atoms with Crippen molar-refractivity contribution in [3.63, 3.8) is 0 Å². The molecule has 2 nitrogen and oxygen atoms in total. The molecule has 0 saturated carbocycles. The average Bonchev–Trinajstić information content (AvgIpc) is 2.34. The van der Waals surface area contributed by atoms with Gasteiger partial charge in [0.2, 0.25) is 0 Å². The second-order valence-corrected chi connectivity index (χ2v) is 5.06. The topological polar surface area (TPSA) is 21.3 Å². The normalized spacial score (nSPS) is 14.7. The summed E-state index contributed by atoms with van der Waals surface area (Å²) in [4.78, 5) is 0. The van der Waals surface area contributed by atoms with Gasteiger partial charge in [-0.2, -0.15) is 0 Å². The van der Waals surface area contributed by atoms with E-state index >= 15 is 0 Å². The summed E-state index contributed by atoms with van der Waals surface area (Å²) in [5.41, 5.74) is 0.771. The predicted octanol–water partition coefficient (Wildman–Crippen LogP) is 3.16. The molecule has 19 heavy (non-hydrogen) atoms. The Labute approximate surface area is 114 Å². The number of halogens is 2. The molecule has 2 unspecified atom stereocenters. The van der Waals surface area contributed by atoms with Gasteiger partial charge in [-0.1, -0.05) is 26.8 Å². The number of hydrogen-bond acceptors (Lipinski definition) is 2. The van der Waals surface area contributed by atoms with Gasteiger partial charge in [0, 0.05) is 13.2 Å². The van der Waals surface area contributed by atoms with Crippen LogP contribution >= 0.6 is 0 Å². The standard InChI is InChI=1S/C15H23F2NO/c1-5-18-14(15(19-4)10(2)3)9-11-6-7-12(16)13(17)8-11/h6-8,10,14-15,18H,5,9H2,1-4H3. The fourth-order valence-electron chi connectivity index (χ4n) is 2.39. The molecular weight excluding hydrogens is 248 g/mol. The zero-order chi connectivity index (χ0) is 14.4. The highest BCUT2D eigenvalue weighted by Crippen LogP contribution is 2.17. The lowest BCUT2D eigenvalue weighted by atomic mass is 9.93. The van der Waals surface area contributed by atoms with Crippen molar-refractivity contribution in [2.24, 2.45) is 5.92 Å². The van der Waals surface area contributed by atoms with Gasteiger partial charge in [-0.25, -0.2) is 8.78 Å². The van der Waals surface area contributed by atoms with Crippen molar-refractivity contribution in [3.8, 4) is 0 Å². The average molecular weight is 271 g/mol. The molecule has 0 bridgehead atoms. The van der Waals surface area contributed by atoms with Gasteiger partial charge in [-0.05, 0) is 36.6 Å². The van der Waals surface area contributed by atoms with Crippen LogP contribution in [0.5, 0.6) is 0 Å². The van der Waals surface area contributed by atoms with E-state index in [0.717, 1.165) is 12.1 Å². The maximum Gasteiger partial charge on any atom is 0.159 e. The van der Waals surface area contributed by atoms with Crippen LogP contribution in [0.25, 0.3) is 0 Å². The van der Waals surface area contributed by atoms with E-state index in [0.29, 0.717) is 12.3 Å². The fourth-order valence-corrected chi connectivity index (χ4v) is 2.39. The van der Waals surface area contributed by atoms with Crippen molar-refractivity contribution in [1.29, 1.82) is 0 Å². The van der Waals surface area contributed by atoms with Gasteiger partial charge >= 0.3 is 0 Å². The summed E-state index contributed by atoms with van der Waals surface area (Å²) in [5, 5.41) is 3.36. The number of methoxy groups -OCH3 is 1. The van der Waals surface area contributed by atoms with Gasteiger partial charge in [-0.3, -0.25) is 0 Å². The predicted molar refractivity (Wildman–Crippen MR) is 73.2 cm³/mol. The molecule has 0 amide bonds. The van der Waals surface area contributed by atoms with E-state index in [4.69, 9.17) is 4.74 Å². The molecule has 0 aromatic heterocycles. The van der Waals surface area contributed by atoms with Crippen LogP contribution in [0.1, 0.15) is 26.3 Å². The van der Waals surface area contributed by atoms with E-state index in [2.05, 4.69) is 19.2 Å². The van der Waals surface area contributed by atoms with Crippen molar-refractivity contribution < 1.29 is 13.5 Å². The zero-order valence-corrected chi connectivity index (χ0v) is 12.0. The molecule has 0 spiro atoms. The van der Waals surface area contributed by atoms with Crippen molar-refractivity contribution in [1.82, 2.24) is 5.32 Å². The molecule has 0 aliphatic heterocycles. The molecule has 1 rings (SSSR count). The van der Waals surface area contributed by atoms with Crippen LogP contribution < -0.4 is 5.32 Å². The first kappa shape index (κ1) is 16.1. The first-order chi connectivity index (χ1) is 8.99. The number of rotatable bonds is 7. The molecule has 1 N–H and O–H groups in total. The zero-order valence-electron chi connectivity index (χ0n) is 12.0. The summed E-state index contributed by atoms with van der Waals surface area (Å²) in [7, 11) is 1.68. The van der Waals surface area contributed by atoms with E-state index < -0.39 is 11.6 Å². The van der Waals surface area contributed by atoms with Gasteiger partial charge in [0.25, 0.3) is 0 Å². The molecule has 0 aliphatic rings. The first-order valence-corrected chi connectivity index (χ1v) is 6.69. The van der Waals surface area contributed by atoms with E-state index in [1.54, 1.807) is 13.2 Å². The SMILES string of the molecule is CCNC(Cc1ccc(F)c(F)c1)C(OC)C(C)C. The lowest BCUT2D eigenvalue weighted by Gasteiger charge is -2.29. The van der Waals surface area contributed by atoms with Crippen molar-refractivity contribution in [2.75, 3.05) is 13.7 Å². The highest BCUT2D eigenvalue weighted by atomic mass is 19.2. The van der Waals surface area contributed by atoms with Crippen LogP contribution in [-0.4, -0.2) is 25.8 Å². The first-order valence-electron chi connectivity index (χ1n) is 6.69. The van der Waals surface area contributed by atoms with E-state index in [9.17, 15) is 8.78 Å². The minimum atomic E-state index is -0.809.